The van der Waals surface area contributed by atoms with Gasteiger partial charge in [-0.2, -0.15) is 0 Å². The summed E-state index contributed by atoms with van der Waals surface area (Å²) in [6.07, 6.45) is 0. The van der Waals surface area contributed by atoms with E-state index in [4.69, 9.17) is 33.8 Å². The first kappa shape index (κ1) is 16.9. The molecule has 2 heterocycles. The van der Waals surface area contributed by atoms with Crippen molar-refractivity contribution in [1.29, 1.82) is 0 Å². The van der Waals surface area contributed by atoms with Crippen LogP contribution < -0.4 is 10.6 Å². The minimum atomic E-state index is 0.349. The van der Waals surface area contributed by atoms with Crippen LogP contribution in [-0.2, 0) is 5.75 Å². The number of hydrogen-bond acceptors (Lipinski definition) is 6. The number of benzene rings is 1. The van der Waals surface area contributed by atoms with Crippen LogP contribution >= 0.6 is 35.0 Å². The average molecular weight is 382 g/mol. The lowest BCUT2D eigenvalue weighted by Gasteiger charge is -2.08. The Morgan fingerprint density at radius 3 is 2.58 bits per heavy atom. The Bertz CT molecular complexity index is 851. The van der Waals surface area contributed by atoms with Gasteiger partial charge >= 0.3 is 0 Å². The zero-order valence-corrected chi connectivity index (χ0v) is 14.9. The first-order valence-corrected chi connectivity index (χ1v) is 8.61. The fraction of sp³-hybridized carbons (Fsp3) is 0.133. The number of methoxy groups -OCH3 is 1. The van der Waals surface area contributed by atoms with Crippen LogP contribution in [0.3, 0.4) is 0 Å². The van der Waals surface area contributed by atoms with Gasteiger partial charge in [0.05, 0.1) is 12.7 Å². The number of ether oxygens (including phenoxy) is 1. The molecule has 0 aliphatic rings. The van der Waals surface area contributed by atoms with Crippen LogP contribution in [0.5, 0.6) is 5.75 Å². The summed E-state index contributed by atoms with van der Waals surface area (Å²) in [6.45, 7) is 0. The number of pyridine rings is 1. The standard InChI is InChI=1S/C15H13Cl2N5OS/c1-23-11-5-3-2-4-10(11)14-20-21-15(22(14)18)24-8-9-6-12(16)19-13(17)7-9/h2-7H,8,18H2,1H3. The molecule has 3 rings (SSSR count). The molecule has 0 saturated carbocycles. The molecule has 0 fully saturated rings. The van der Waals surface area contributed by atoms with Crippen molar-refractivity contribution in [2.24, 2.45) is 0 Å². The van der Waals surface area contributed by atoms with Gasteiger partial charge in [0.2, 0.25) is 5.16 Å². The van der Waals surface area contributed by atoms with Crippen molar-refractivity contribution in [2.75, 3.05) is 13.0 Å². The van der Waals surface area contributed by atoms with E-state index in [1.54, 1.807) is 19.2 Å². The minimum Gasteiger partial charge on any atom is -0.496 e. The first-order valence-electron chi connectivity index (χ1n) is 6.87. The fourth-order valence-electron chi connectivity index (χ4n) is 2.13. The van der Waals surface area contributed by atoms with E-state index in [0.29, 0.717) is 32.8 Å². The van der Waals surface area contributed by atoms with E-state index in [9.17, 15) is 0 Å². The lowest BCUT2D eigenvalue weighted by Crippen LogP contribution is -2.12. The molecule has 6 nitrogen and oxygen atoms in total. The number of hydrogen-bond donors (Lipinski definition) is 1. The lowest BCUT2D eigenvalue weighted by molar-refractivity contribution is 0.416. The normalized spacial score (nSPS) is 10.8. The quantitative estimate of drug-likeness (QED) is 0.412. The summed E-state index contributed by atoms with van der Waals surface area (Å²) < 4.78 is 6.78. The molecular weight excluding hydrogens is 369 g/mol. The molecular formula is C15H13Cl2N5OS. The number of nitrogens with zero attached hydrogens (tertiary/aromatic N) is 4. The van der Waals surface area contributed by atoms with Gasteiger partial charge in [-0.15, -0.1) is 10.2 Å². The Kier molecular flexibility index (Phi) is 5.13. The third-order valence-corrected chi connectivity index (χ3v) is 4.60. The number of halogens is 2. The summed E-state index contributed by atoms with van der Waals surface area (Å²) in [5, 5.41) is 9.57. The second-order valence-corrected chi connectivity index (χ2v) is 6.50. The molecule has 24 heavy (non-hydrogen) atoms. The predicted octanol–water partition coefficient (Wildman–Crippen LogP) is 3.66. The molecule has 0 aliphatic heterocycles. The van der Waals surface area contributed by atoms with Crippen molar-refractivity contribution in [2.45, 2.75) is 10.9 Å². The minimum absolute atomic E-state index is 0.349. The Morgan fingerprint density at radius 2 is 1.88 bits per heavy atom. The van der Waals surface area contributed by atoms with Crippen LogP contribution in [0, 0.1) is 0 Å². The maximum atomic E-state index is 6.13. The molecule has 0 bridgehead atoms. The molecule has 2 aromatic heterocycles. The van der Waals surface area contributed by atoms with E-state index in [2.05, 4.69) is 15.2 Å². The van der Waals surface area contributed by atoms with Crippen LogP contribution in [0.1, 0.15) is 5.56 Å². The highest BCUT2D eigenvalue weighted by Gasteiger charge is 2.15. The van der Waals surface area contributed by atoms with Gasteiger partial charge in [0.15, 0.2) is 5.82 Å². The second kappa shape index (κ2) is 7.29. The Hall–Kier alpha value is -1.96. The van der Waals surface area contributed by atoms with Gasteiger partial charge in [0.1, 0.15) is 16.1 Å². The van der Waals surface area contributed by atoms with E-state index < -0.39 is 0 Å². The first-order chi connectivity index (χ1) is 11.6. The molecule has 0 spiro atoms. The third-order valence-electron chi connectivity index (χ3n) is 3.20. The van der Waals surface area contributed by atoms with Crippen LogP contribution in [0.25, 0.3) is 11.4 Å². The number of thioether (sulfide) groups is 1. The molecule has 0 atom stereocenters. The van der Waals surface area contributed by atoms with Gasteiger partial charge < -0.3 is 10.6 Å². The van der Waals surface area contributed by atoms with Gasteiger partial charge in [-0.3, -0.25) is 0 Å². The SMILES string of the molecule is COc1ccccc1-c1nnc(SCc2cc(Cl)nc(Cl)c2)n1N. The zero-order chi connectivity index (χ0) is 17.1. The summed E-state index contributed by atoms with van der Waals surface area (Å²) in [7, 11) is 1.60. The molecule has 3 aromatic rings. The second-order valence-electron chi connectivity index (χ2n) is 4.79. The van der Waals surface area contributed by atoms with Crippen LogP contribution in [0.4, 0.5) is 0 Å². The largest absolute Gasteiger partial charge is 0.496 e. The Balaban J connectivity index is 1.82. The number of rotatable bonds is 5. The van der Waals surface area contributed by atoms with Gasteiger partial charge in [-0.25, -0.2) is 9.66 Å². The van der Waals surface area contributed by atoms with Crippen molar-refractivity contribution in [3.05, 3.63) is 52.3 Å². The molecule has 0 aliphatic carbocycles. The fourth-order valence-corrected chi connectivity index (χ4v) is 3.43. The van der Waals surface area contributed by atoms with Crippen LogP contribution in [-0.4, -0.2) is 27.0 Å². The van der Waals surface area contributed by atoms with Crippen LogP contribution in [0.15, 0.2) is 41.6 Å². The van der Waals surface area contributed by atoms with Gasteiger partial charge in [-0.05, 0) is 29.8 Å². The van der Waals surface area contributed by atoms with Gasteiger partial charge in [0, 0.05) is 5.75 Å². The summed E-state index contributed by atoms with van der Waals surface area (Å²) in [5.74, 6) is 7.93. The molecule has 0 saturated heterocycles. The smallest absolute Gasteiger partial charge is 0.210 e. The van der Waals surface area contributed by atoms with Gasteiger partial charge in [-0.1, -0.05) is 47.1 Å². The molecule has 2 N–H and O–H groups in total. The maximum Gasteiger partial charge on any atom is 0.210 e. The highest BCUT2D eigenvalue weighted by atomic mass is 35.5. The molecule has 124 valence electrons. The predicted molar refractivity (Wildman–Crippen MR) is 96.0 cm³/mol. The van der Waals surface area contributed by atoms with E-state index >= 15 is 0 Å². The van der Waals surface area contributed by atoms with Crippen molar-refractivity contribution < 1.29 is 4.74 Å². The van der Waals surface area contributed by atoms with E-state index in [0.717, 1.165) is 11.1 Å². The van der Waals surface area contributed by atoms with Gasteiger partial charge in [0.25, 0.3) is 0 Å². The Morgan fingerprint density at radius 1 is 1.17 bits per heavy atom. The summed E-state index contributed by atoms with van der Waals surface area (Å²) in [6, 6.07) is 11.0. The molecule has 0 radical (unpaired) electrons. The van der Waals surface area contributed by atoms with E-state index in [1.165, 1.54) is 16.4 Å². The number of nitrogens with two attached hydrogens (primary N) is 1. The highest BCUT2D eigenvalue weighted by Crippen LogP contribution is 2.30. The zero-order valence-electron chi connectivity index (χ0n) is 12.6. The summed E-state index contributed by atoms with van der Waals surface area (Å²) in [5.41, 5.74) is 1.70. The Labute approximate surface area is 152 Å². The molecule has 1 aromatic carbocycles. The number of para-hydroxylation sites is 1. The topological polar surface area (TPSA) is 78.9 Å². The van der Waals surface area contributed by atoms with Crippen LogP contribution in [0.2, 0.25) is 10.3 Å². The molecule has 9 heteroatoms. The van der Waals surface area contributed by atoms with Crippen molar-refractivity contribution >= 4 is 35.0 Å². The van der Waals surface area contributed by atoms with Crippen molar-refractivity contribution in [3.63, 3.8) is 0 Å². The van der Waals surface area contributed by atoms with E-state index in [-0.39, 0.29) is 0 Å². The van der Waals surface area contributed by atoms with E-state index in [1.807, 2.05) is 24.3 Å². The summed E-state index contributed by atoms with van der Waals surface area (Å²) >= 11 is 13.2. The highest BCUT2D eigenvalue weighted by molar-refractivity contribution is 7.98. The lowest BCUT2D eigenvalue weighted by atomic mass is 10.2. The maximum absolute atomic E-state index is 6.13. The monoisotopic (exact) mass is 381 g/mol. The number of nitrogen functional groups attached to an aromatic ring is 1. The van der Waals surface area contributed by atoms with Crippen molar-refractivity contribution in [3.8, 4) is 17.1 Å². The molecule has 0 amide bonds. The summed E-state index contributed by atoms with van der Waals surface area (Å²) in [4.78, 5) is 3.92. The third kappa shape index (κ3) is 3.58. The van der Waals surface area contributed by atoms with Crippen molar-refractivity contribution in [1.82, 2.24) is 19.9 Å². The molecule has 0 unspecified atom stereocenters. The average Bonchev–Trinajstić information content (AvgIpc) is 2.92. The number of aromatic nitrogens is 4.